The Morgan fingerprint density at radius 2 is 1.73 bits per heavy atom. The third-order valence-corrected chi connectivity index (χ3v) is 6.29. The van der Waals surface area contributed by atoms with Gasteiger partial charge in [0, 0.05) is 28.4 Å². The van der Waals surface area contributed by atoms with Crippen LogP contribution in [0, 0.1) is 0 Å². The van der Waals surface area contributed by atoms with Gasteiger partial charge < -0.3 is 10.2 Å². The van der Waals surface area contributed by atoms with E-state index >= 15 is 0 Å². The Balaban J connectivity index is 2.07. The van der Waals surface area contributed by atoms with Gasteiger partial charge in [0.1, 0.15) is 6.04 Å². The molecule has 162 valence electrons. The van der Waals surface area contributed by atoms with E-state index in [2.05, 4.69) is 5.32 Å². The molecule has 2 aromatic carbocycles. The van der Waals surface area contributed by atoms with Crippen LogP contribution in [0.25, 0.3) is 0 Å². The predicted octanol–water partition coefficient (Wildman–Crippen LogP) is 5.56. The molecule has 0 saturated heterocycles. The number of rotatable bonds is 10. The lowest BCUT2D eigenvalue weighted by Crippen LogP contribution is -2.50. The number of hydrogen-bond donors (Lipinski definition) is 1. The summed E-state index contributed by atoms with van der Waals surface area (Å²) in [5.41, 5.74) is 1.99. The van der Waals surface area contributed by atoms with Crippen LogP contribution < -0.4 is 5.32 Å². The lowest BCUT2D eigenvalue weighted by Gasteiger charge is -2.29. The molecule has 2 atom stereocenters. The number of thioether (sulfide) groups is 1. The molecule has 2 amide bonds. The van der Waals surface area contributed by atoms with E-state index in [0.29, 0.717) is 22.3 Å². The third-order valence-electron chi connectivity index (χ3n) is 4.82. The molecule has 7 heteroatoms. The van der Waals surface area contributed by atoms with Gasteiger partial charge in [0.15, 0.2) is 0 Å². The maximum Gasteiger partial charge on any atom is 0.242 e. The molecule has 0 spiro atoms. The lowest BCUT2D eigenvalue weighted by molar-refractivity contribution is -0.138. The highest BCUT2D eigenvalue weighted by molar-refractivity contribution is 7.99. The van der Waals surface area contributed by atoms with Crippen molar-refractivity contribution in [2.45, 2.75) is 51.6 Å². The first-order chi connectivity index (χ1) is 14.3. The topological polar surface area (TPSA) is 49.4 Å². The summed E-state index contributed by atoms with van der Waals surface area (Å²) in [6.07, 6.45) is 0.832. The second kappa shape index (κ2) is 12.2. The number of halogens is 2. The molecular formula is C23H28Cl2N2O2S. The Bertz CT molecular complexity index is 845. The highest BCUT2D eigenvalue weighted by Crippen LogP contribution is 2.19. The molecule has 0 saturated carbocycles. The number of nitrogens with zero attached hydrogens (tertiary/aromatic N) is 1. The fourth-order valence-electron chi connectivity index (χ4n) is 2.80. The van der Waals surface area contributed by atoms with Crippen molar-refractivity contribution in [3.63, 3.8) is 0 Å². The van der Waals surface area contributed by atoms with E-state index in [9.17, 15) is 9.59 Å². The quantitative estimate of drug-likeness (QED) is 0.498. The smallest absolute Gasteiger partial charge is 0.242 e. The van der Waals surface area contributed by atoms with Gasteiger partial charge in [0.2, 0.25) is 11.8 Å². The Labute approximate surface area is 193 Å². The molecule has 0 radical (unpaired) electrons. The van der Waals surface area contributed by atoms with Crippen molar-refractivity contribution in [2.24, 2.45) is 0 Å². The summed E-state index contributed by atoms with van der Waals surface area (Å²) in [5, 5.41) is 4.29. The molecule has 2 aromatic rings. The first kappa shape index (κ1) is 24.6. The molecule has 0 aliphatic heterocycles. The lowest BCUT2D eigenvalue weighted by atomic mass is 10.1. The minimum Gasteiger partial charge on any atom is -0.352 e. The Hall–Kier alpha value is -1.69. The van der Waals surface area contributed by atoms with Crippen LogP contribution in [0.1, 0.15) is 38.3 Å². The molecule has 0 aromatic heterocycles. The van der Waals surface area contributed by atoms with Gasteiger partial charge in [-0.15, -0.1) is 11.8 Å². The standard InChI is InChI=1S/C23H28Cl2N2O2S/c1-4-16(2)26-23(29)17(3)27(13-18-8-10-20(24)11-9-18)22(28)15-30-14-19-6-5-7-21(25)12-19/h5-12,16-17H,4,13-15H2,1-3H3,(H,26,29)/t16-,17-/m1/s1. The van der Waals surface area contributed by atoms with E-state index in [1.54, 1.807) is 24.0 Å². The van der Waals surface area contributed by atoms with Crippen molar-refractivity contribution in [1.82, 2.24) is 10.2 Å². The van der Waals surface area contributed by atoms with Gasteiger partial charge in [-0.05, 0) is 55.7 Å². The van der Waals surface area contributed by atoms with E-state index in [1.165, 1.54) is 11.8 Å². The van der Waals surface area contributed by atoms with E-state index in [-0.39, 0.29) is 23.6 Å². The molecule has 30 heavy (non-hydrogen) atoms. The van der Waals surface area contributed by atoms with Crippen molar-refractivity contribution in [3.8, 4) is 0 Å². The molecule has 0 bridgehead atoms. The Morgan fingerprint density at radius 1 is 1.03 bits per heavy atom. The number of carbonyl (C=O) groups excluding carboxylic acids is 2. The van der Waals surface area contributed by atoms with E-state index in [1.807, 2.05) is 50.2 Å². The van der Waals surface area contributed by atoms with Gasteiger partial charge in [-0.25, -0.2) is 0 Å². The van der Waals surface area contributed by atoms with Crippen molar-refractivity contribution in [2.75, 3.05) is 5.75 Å². The second-order valence-electron chi connectivity index (χ2n) is 7.26. The van der Waals surface area contributed by atoms with Crippen LogP contribution in [0.2, 0.25) is 10.0 Å². The average Bonchev–Trinajstić information content (AvgIpc) is 2.72. The van der Waals surface area contributed by atoms with Gasteiger partial charge in [-0.1, -0.05) is 54.4 Å². The van der Waals surface area contributed by atoms with Crippen molar-refractivity contribution < 1.29 is 9.59 Å². The molecule has 1 N–H and O–H groups in total. The van der Waals surface area contributed by atoms with Crippen molar-refractivity contribution >= 4 is 46.8 Å². The van der Waals surface area contributed by atoms with Gasteiger partial charge in [0.05, 0.1) is 5.75 Å². The predicted molar refractivity (Wildman–Crippen MR) is 127 cm³/mol. The number of hydrogen-bond acceptors (Lipinski definition) is 3. The molecular weight excluding hydrogens is 439 g/mol. The molecule has 4 nitrogen and oxygen atoms in total. The Morgan fingerprint density at radius 3 is 2.37 bits per heavy atom. The number of benzene rings is 2. The fraction of sp³-hybridized carbons (Fsp3) is 0.391. The zero-order valence-corrected chi connectivity index (χ0v) is 19.9. The van der Waals surface area contributed by atoms with E-state index < -0.39 is 6.04 Å². The molecule has 0 unspecified atom stereocenters. The maximum atomic E-state index is 13.0. The minimum absolute atomic E-state index is 0.0599. The van der Waals surface area contributed by atoms with Gasteiger partial charge in [0.25, 0.3) is 0 Å². The summed E-state index contributed by atoms with van der Waals surface area (Å²) >= 11 is 13.5. The SMILES string of the molecule is CC[C@@H](C)NC(=O)[C@@H](C)N(Cc1ccc(Cl)cc1)C(=O)CSCc1cccc(Cl)c1. The molecule has 0 heterocycles. The first-order valence-electron chi connectivity index (χ1n) is 9.96. The summed E-state index contributed by atoms with van der Waals surface area (Å²) < 4.78 is 0. The molecule has 2 rings (SSSR count). The van der Waals surface area contributed by atoms with Crippen molar-refractivity contribution in [3.05, 3.63) is 69.7 Å². The van der Waals surface area contributed by atoms with E-state index in [4.69, 9.17) is 23.2 Å². The third kappa shape index (κ3) is 7.86. The molecule has 0 aliphatic rings. The van der Waals surface area contributed by atoms with Gasteiger partial charge in [-0.2, -0.15) is 0 Å². The van der Waals surface area contributed by atoms with Crippen LogP contribution in [-0.2, 0) is 21.9 Å². The Kier molecular flexibility index (Phi) is 10.0. The zero-order chi connectivity index (χ0) is 22.1. The second-order valence-corrected chi connectivity index (χ2v) is 9.12. The number of carbonyl (C=O) groups is 2. The van der Waals surface area contributed by atoms with E-state index in [0.717, 1.165) is 17.5 Å². The van der Waals surface area contributed by atoms with Gasteiger partial charge in [-0.3, -0.25) is 9.59 Å². The van der Waals surface area contributed by atoms with Crippen LogP contribution in [0.5, 0.6) is 0 Å². The van der Waals surface area contributed by atoms with Crippen molar-refractivity contribution in [1.29, 1.82) is 0 Å². The highest BCUT2D eigenvalue weighted by Gasteiger charge is 2.26. The number of amides is 2. The summed E-state index contributed by atoms with van der Waals surface area (Å²) in [6.45, 7) is 6.09. The van der Waals surface area contributed by atoms with Crippen LogP contribution >= 0.6 is 35.0 Å². The fourth-order valence-corrected chi connectivity index (χ4v) is 4.00. The number of nitrogens with one attached hydrogen (secondary N) is 1. The highest BCUT2D eigenvalue weighted by atomic mass is 35.5. The van der Waals surface area contributed by atoms with Crippen LogP contribution in [0.3, 0.4) is 0 Å². The normalized spacial score (nSPS) is 12.8. The largest absolute Gasteiger partial charge is 0.352 e. The summed E-state index contributed by atoms with van der Waals surface area (Å²) in [4.78, 5) is 27.4. The maximum absolute atomic E-state index is 13.0. The summed E-state index contributed by atoms with van der Waals surface area (Å²) in [6, 6.07) is 14.4. The summed E-state index contributed by atoms with van der Waals surface area (Å²) in [5.74, 6) is 0.727. The molecule has 0 fully saturated rings. The van der Waals surface area contributed by atoms with Crippen LogP contribution in [-0.4, -0.2) is 34.6 Å². The van der Waals surface area contributed by atoms with Gasteiger partial charge >= 0.3 is 0 Å². The zero-order valence-electron chi connectivity index (χ0n) is 17.5. The average molecular weight is 467 g/mol. The van der Waals surface area contributed by atoms with Crippen LogP contribution in [0.4, 0.5) is 0 Å². The monoisotopic (exact) mass is 466 g/mol. The van der Waals surface area contributed by atoms with Crippen LogP contribution in [0.15, 0.2) is 48.5 Å². The minimum atomic E-state index is -0.575. The summed E-state index contributed by atoms with van der Waals surface area (Å²) in [7, 11) is 0. The molecule has 0 aliphatic carbocycles. The first-order valence-corrected chi connectivity index (χ1v) is 11.9.